The van der Waals surface area contributed by atoms with Gasteiger partial charge in [-0.1, -0.05) is 17.3 Å². The molecule has 0 bridgehead atoms. The quantitative estimate of drug-likeness (QED) is 0.722. The first-order chi connectivity index (χ1) is 12.7. The van der Waals surface area contributed by atoms with E-state index in [2.05, 4.69) is 20.8 Å². The lowest BCUT2D eigenvalue weighted by molar-refractivity contribution is -0.120. The van der Waals surface area contributed by atoms with Crippen LogP contribution in [0.15, 0.2) is 28.8 Å². The maximum absolute atomic E-state index is 11.8. The largest absolute Gasteiger partial charge is 0.444 e. The third kappa shape index (κ3) is 7.89. The van der Waals surface area contributed by atoms with Gasteiger partial charge in [-0.25, -0.2) is 4.79 Å². The Bertz CT molecular complexity index is 763. The molecule has 1 aromatic carbocycles. The summed E-state index contributed by atoms with van der Waals surface area (Å²) >= 11 is 0. The van der Waals surface area contributed by atoms with Gasteiger partial charge < -0.3 is 14.6 Å². The molecule has 0 aliphatic heterocycles. The summed E-state index contributed by atoms with van der Waals surface area (Å²) in [5.41, 5.74) is 1.27. The van der Waals surface area contributed by atoms with Crippen molar-refractivity contribution in [3.63, 3.8) is 0 Å². The molecular weight excluding hydrogens is 348 g/mol. The minimum absolute atomic E-state index is 0.113. The van der Waals surface area contributed by atoms with E-state index in [0.29, 0.717) is 23.9 Å². The van der Waals surface area contributed by atoms with Gasteiger partial charge in [-0.15, -0.1) is 0 Å². The van der Waals surface area contributed by atoms with Crippen molar-refractivity contribution in [2.45, 2.75) is 52.6 Å². The summed E-state index contributed by atoms with van der Waals surface area (Å²) in [6.07, 6.45) is 1.25. The Morgan fingerprint density at radius 1 is 1.19 bits per heavy atom. The number of amides is 2. The van der Waals surface area contributed by atoms with E-state index in [1.165, 1.54) is 0 Å². The molecule has 0 saturated carbocycles. The topological polar surface area (TPSA) is 106 Å². The average Bonchev–Trinajstić information content (AvgIpc) is 2.96. The average molecular weight is 374 g/mol. The molecule has 0 unspecified atom stereocenters. The Labute approximate surface area is 158 Å². The second kappa shape index (κ2) is 9.16. The summed E-state index contributed by atoms with van der Waals surface area (Å²) < 4.78 is 10.0. The molecule has 8 heteroatoms. The molecule has 0 saturated heterocycles. The number of aromatic nitrogens is 2. The van der Waals surface area contributed by atoms with Crippen LogP contribution in [-0.2, 0) is 22.4 Å². The minimum Gasteiger partial charge on any atom is -0.444 e. The first kappa shape index (κ1) is 20.4. The van der Waals surface area contributed by atoms with Gasteiger partial charge in [0, 0.05) is 19.2 Å². The van der Waals surface area contributed by atoms with E-state index in [0.717, 1.165) is 18.4 Å². The third-order valence-electron chi connectivity index (χ3n) is 3.45. The summed E-state index contributed by atoms with van der Waals surface area (Å²) in [5, 5.41) is 9.22. The van der Waals surface area contributed by atoms with Crippen molar-refractivity contribution >= 4 is 17.7 Å². The summed E-state index contributed by atoms with van der Waals surface area (Å²) in [7, 11) is 0. The van der Waals surface area contributed by atoms with Crippen LogP contribution in [0.1, 0.15) is 44.5 Å². The van der Waals surface area contributed by atoms with E-state index in [-0.39, 0.29) is 12.3 Å². The van der Waals surface area contributed by atoms with Crippen LogP contribution in [0.25, 0.3) is 0 Å². The smallest absolute Gasteiger partial charge is 0.412 e. The molecule has 0 radical (unpaired) electrons. The molecule has 2 N–H and O–H groups in total. The number of anilines is 1. The maximum Gasteiger partial charge on any atom is 0.412 e. The van der Waals surface area contributed by atoms with E-state index in [4.69, 9.17) is 9.26 Å². The standard InChI is InChI=1S/C19H26N4O4/c1-13-21-16(23-27-13)12-17(24)20-11-5-6-14-7-9-15(10-8-14)22-18(25)26-19(2,3)4/h7-10H,5-6,11-12H2,1-4H3,(H,20,24)(H,22,25). The van der Waals surface area contributed by atoms with Gasteiger partial charge in [0.15, 0.2) is 5.82 Å². The predicted octanol–water partition coefficient (Wildman–Crippen LogP) is 3.02. The molecule has 27 heavy (non-hydrogen) atoms. The normalized spacial score (nSPS) is 11.1. The van der Waals surface area contributed by atoms with Crippen LogP contribution < -0.4 is 10.6 Å². The molecule has 146 valence electrons. The molecule has 0 aliphatic rings. The van der Waals surface area contributed by atoms with Crippen molar-refractivity contribution in [2.24, 2.45) is 0 Å². The van der Waals surface area contributed by atoms with E-state index in [1.54, 1.807) is 6.92 Å². The number of carbonyl (C=O) groups is 2. The van der Waals surface area contributed by atoms with Crippen LogP contribution in [0.3, 0.4) is 0 Å². The van der Waals surface area contributed by atoms with Crippen molar-refractivity contribution in [3.8, 4) is 0 Å². The molecule has 0 fully saturated rings. The van der Waals surface area contributed by atoms with Gasteiger partial charge in [-0.3, -0.25) is 10.1 Å². The zero-order chi connectivity index (χ0) is 19.9. The molecule has 1 aromatic heterocycles. The van der Waals surface area contributed by atoms with Crippen LogP contribution in [-0.4, -0.2) is 34.3 Å². The second-order valence-electron chi connectivity index (χ2n) is 7.18. The summed E-state index contributed by atoms with van der Waals surface area (Å²) in [4.78, 5) is 27.5. The Morgan fingerprint density at radius 3 is 2.48 bits per heavy atom. The number of aryl methyl sites for hydroxylation is 2. The molecular formula is C19H26N4O4. The molecule has 0 aliphatic carbocycles. The van der Waals surface area contributed by atoms with Gasteiger partial charge in [0.05, 0.1) is 6.42 Å². The van der Waals surface area contributed by atoms with Crippen LogP contribution in [0, 0.1) is 6.92 Å². The fourth-order valence-electron chi connectivity index (χ4n) is 2.32. The lowest BCUT2D eigenvalue weighted by Crippen LogP contribution is -2.27. The number of nitrogens with zero attached hydrogens (tertiary/aromatic N) is 2. The first-order valence-corrected chi connectivity index (χ1v) is 8.86. The van der Waals surface area contributed by atoms with E-state index >= 15 is 0 Å². The Balaban J connectivity index is 1.67. The second-order valence-corrected chi connectivity index (χ2v) is 7.18. The van der Waals surface area contributed by atoms with Gasteiger partial charge in [0.2, 0.25) is 11.8 Å². The highest BCUT2D eigenvalue weighted by Crippen LogP contribution is 2.13. The molecule has 0 atom stereocenters. The molecule has 8 nitrogen and oxygen atoms in total. The van der Waals surface area contributed by atoms with Crippen LogP contribution in [0.5, 0.6) is 0 Å². The van der Waals surface area contributed by atoms with E-state index in [9.17, 15) is 9.59 Å². The number of carbonyl (C=O) groups excluding carboxylic acids is 2. The number of hydrogen-bond donors (Lipinski definition) is 2. The number of hydrogen-bond acceptors (Lipinski definition) is 6. The van der Waals surface area contributed by atoms with Gasteiger partial charge in [0.1, 0.15) is 5.60 Å². The summed E-state index contributed by atoms with van der Waals surface area (Å²) in [6, 6.07) is 7.54. The summed E-state index contributed by atoms with van der Waals surface area (Å²) in [5.74, 6) is 0.702. The Morgan fingerprint density at radius 2 is 1.89 bits per heavy atom. The maximum atomic E-state index is 11.8. The number of benzene rings is 1. The SMILES string of the molecule is Cc1nc(CC(=O)NCCCc2ccc(NC(=O)OC(C)(C)C)cc2)no1. The van der Waals surface area contributed by atoms with Crippen LogP contribution in [0.2, 0.25) is 0 Å². The molecule has 2 rings (SSSR count). The van der Waals surface area contributed by atoms with Gasteiger partial charge in [-0.2, -0.15) is 4.98 Å². The fourth-order valence-corrected chi connectivity index (χ4v) is 2.32. The minimum atomic E-state index is -0.531. The summed E-state index contributed by atoms with van der Waals surface area (Å²) in [6.45, 7) is 7.70. The number of rotatable bonds is 7. The molecule has 2 aromatic rings. The van der Waals surface area contributed by atoms with Gasteiger partial charge in [-0.05, 0) is 51.3 Å². The number of nitrogens with one attached hydrogen (secondary N) is 2. The zero-order valence-corrected chi connectivity index (χ0v) is 16.2. The molecule has 0 spiro atoms. The number of ether oxygens (including phenoxy) is 1. The molecule has 2 amide bonds. The Hall–Kier alpha value is -2.90. The Kier molecular flexibility index (Phi) is 6.92. The predicted molar refractivity (Wildman–Crippen MR) is 100 cm³/mol. The van der Waals surface area contributed by atoms with Crippen molar-refractivity contribution < 1.29 is 18.8 Å². The third-order valence-corrected chi connectivity index (χ3v) is 3.45. The lowest BCUT2D eigenvalue weighted by atomic mass is 10.1. The highest BCUT2D eigenvalue weighted by molar-refractivity contribution is 5.84. The van der Waals surface area contributed by atoms with Crippen LogP contribution >= 0.6 is 0 Å². The monoisotopic (exact) mass is 374 g/mol. The first-order valence-electron chi connectivity index (χ1n) is 8.86. The molecule has 1 heterocycles. The van der Waals surface area contributed by atoms with Crippen molar-refractivity contribution in [1.29, 1.82) is 0 Å². The van der Waals surface area contributed by atoms with Crippen molar-refractivity contribution in [1.82, 2.24) is 15.5 Å². The van der Waals surface area contributed by atoms with Crippen molar-refractivity contribution in [3.05, 3.63) is 41.5 Å². The fraction of sp³-hybridized carbons (Fsp3) is 0.474. The van der Waals surface area contributed by atoms with Crippen LogP contribution in [0.4, 0.5) is 10.5 Å². The van der Waals surface area contributed by atoms with Crippen molar-refractivity contribution in [2.75, 3.05) is 11.9 Å². The zero-order valence-electron chi connectivity index (χ0n) is 16.2. The van der Waals surface area contributed by atoms with Gasteiger partial charge in [0.25, 0.3) is 0 Å². The van der Waals surface area contributed by atoms with E-state index in [1.807, 2.05) is 45.0 Å². The highest BCUT2D eigenvalue weighted by Gasteiger charge is 2.16. The highest BCUT2D eigenvalue weighted by atomic mass is 16.6. The van der Waals surface area contributed by atoms with Gasteiger partial charge >= 0.3 is 6.09 Å². The van der Waals surface area contributed by atoms with E-state index < -0.39 is 11.7 Å². The lowest BCUT2D eigenvalue weighted by Gasteiger charge is -2.19.